The first kappa shape index (κ1) is 13.8. The number of hydrogen-bond acceptors (Lipinski definition) is 5. The van der Waals surface area contributed by atoms with E-state index in [1.807, 2.05) is 0 Å². The standard InChI is InChI=1S/C13H22N2O2S/c1-4-5-11-12(8-16)18-13(14-11)15-6-9(2)17-10(3)7-15/h9-10,16H,4-8H2,1-3H3. The van der Waals surface area contributed by atoms with E-state index >= 15 is 0 Å². The molecule has 1 aliphatic rings. The van der Waals surface area contributed by atoms with Crippen molar-refractivity contribution in [2.75, 3.05) is 18.0 Å². The van der Waals surface area contributed by atoms with Crippen LogP contribution in [0.2, 0.25) is 0 Å². The second-order valence-corrected chi connectivity index (χ2v) is 6.00. The van der Waals surface area contributed by atoms with Gasteiger partial charge in [0.2, 0.25) is 0 Å². The Balaban J connectivity index is 2.17. The van der Waals surface area contributed by atoms with Gasteiger partial charge in [0.15, 0.2) is 5.13 Å². The molecule has 2 rings (SSSR count). The van der Waals surface area contributed by atoms with E-state index in [-0.39, 0.29) is 18.8 Å². The van der Waals surface area contributed by atoms with Gasteiger partial charge in [0, 0.05) is 13.1 Å². The second-order valence-electron chi connectivity index (χ2n) is 4.94. The largest absolute Gasteiger partial charge is 0.391 e. The first-order valence-corrected chi connectivity index (χ1v) is 7.45. The van der Waals surface area contributed by atoms with Crippen molar-refractivity contribution in [2.45, 2.75) is 52.4 Å². The average Bonchev–Trinajstić information content (AvgIpc) is 2.71. The molecule has 0 bridgehead atoms. The summed E-state index contributed by atoms with van der Waals surface area (Å²) in [5, 5.41) is 10.4. The number of anilines is 1. The minimum absolute atomic E-state index is 0.0996. The molecular weight excluding hydrogens is 248 g/mol. The Morgan fingerprint density at radius 1 is 1.39 bits per heavy atom. The third-order valence-corrected chi connectivity index (χ3v) is 4.23. The van der Waals surface area contributed by atoms with Gasteiger partial charge in [-0.3, -0.25) is 0 Å². The zero-order valence-corrected chi connectivity index (χ0v) is 12.2. The summed E-state index contributed by atoms with van der Waals surface area (Å²) in [7, 11) is 0. The van der Waals surface area contributed by atoms with Gasteiger partial charge in [0.25, 0.3) is 0 Å². The fraction of sp³-hybridized carbons (Fsp3) is 0.769. The summed E-state index contributed by atoms with van der Waals surface area (Å²) >= 11 is 1.62. The molecule has 102 valence electrons. The van der Waals surface area contributed by atoms with E-state index in [0.29, 0.717) is 0 Å². The lowest BCUT2D eigenvalue weighted by Crippen LogP contribution is -2.45. The van der Waals surface area contributed by atoms with Crippen LogP contribution in [0.4, 0.5) is 5.13 Å². The number of aromatic nitrogens is 1. The molecule has 1 aromatic heterocycles. The quantitative estimate of drug-likeness (QED) is 0.911. The van der Waals surface area contributed by atoms with Gasteiger partial charge in [-0.2, -0.15) is 0 Å². The van der Waals surface area contributed by atoms with Gasteiger partial charge < -0.3 is 14.7 Å². The molecule has 2 heterocycles. The van der Waals surface area contributed by atoms with E-state index in [9.17, 15) is 5.11 Å². The molecule has 0 amide bonds. The maximum absolute atomic E-state index is 9.39. The van der Waals surface area contributed by atoms with Crippen molar-refractivity contribution in [1.29, 1.82) is 0 Å². The van der Waals surface area contributed by atoms with E-state index in [4.69, 9.17) is 9.72 Å². The zero-order chi connectivity index (χ0) is 13.1. The highest BCUT2D eigenvalue weighted by molar-refractivity contribution is 7.15. The molecule has 1 aromatic rings. The smallest absolute Gasteiger partial charge is 0.186 e. The summed E-state index contributed by atoms with van der Waals surface area (Å²) in [6.45, 7) is 8.19. The number of nitrogens with zero attached hydrogens (tertiary/aromatic N) is 2. The Hall–Kier alpha value is -0.650. The number of hydrogen-bond donors (Lipinski definition) is 1. The molecule has 1 fully saturated rings. The van der Waals surface area contributed by atoms with Crippen LogP contribution in [0.1, 0.15) is 37.8 Å². The summed E-state index contributed by atoms with van der Waals surface area (Å²) < 4.78 is 5.73. The van der Waals surface area contributed by atoms with Crippen LogP contribution in [0.3, 0.4) is 0 Å². The minimum atomic E-state index is 0.0996. The molecule has 2 atom stereocenters. The Bertz CT molecular complexity index is 384. The Labute approximate surface area is 113 Å². The molecule has 5 heteroatoms. The van der Waals surface area contributed by atoms with E-state index in [1.54, 1.807) is 11.3 Å². The molecule has 0 aromatic carbocycles. The Kier molecular flexibility index (Phi) is 4.59. The zero-order valence-electron chi connectivity index (χ0n) is 11.3. The van der Waals surface area contributed by atoms with Crippen LogP contribution < -0.4 is 4.90 Å². The highest BCUT2D eigenvalue weighted by atomic mass is 32.1. The van der Waals surface area contributed by atoms with Crippen LogP contribution in [0, 0.1) is 0 Å². The van der Waals surface area contributed by atoms with Gasteiger partial charge in [-0.25, -0.2) is 4.98 Å². The molecule has 0 spiro atoms. The molecule has 4 nitrogen and oxygen atoms in total. The minimum Gasteiger partial charge on any atom is -0.391 e. The van der Waals surface area contributed by atoms with Crippen molar-refractivity contribution in [1.82, 2.24) is 4.98 Å². The van der Waals surface area contributed by atoms with Gasteiger partial charge >= 0.3 is 0 Å². The Morgan fingerprint density at radius 3 is 2.61 bits per heavy atom. The summed E-state index contributed by atoms with van der Waals surface area (Å²) in [5.41, 5.74) is 1.06. The fourth-order valence-corrected chi connectivity index (χ4v) is 3.38. The predicted octanol–water partition coefficient (Wildman–Crippen LogP) is 2.20. The van der Waals surface area contributed by atoms with Crippen molar-refractivity contribution >= 4 is 16.5 Å². The summed E-state index contributed by atoms with van der Waals surface area (Å²) in [4.78, 5) is 7.98. The maximum Gasteiger partial charge on any atom is 0.186 e. The molecule has 1 saturated heterocycles. The van der Waals surface area contributed by atoms with Gasteiger partial charge in [-0.15, -0.1) is 0 Å². The van der Waals surface area contributed by atoms with E-state index in [2.05, 4.69) is 25.7 Å². The Morgan fingerprint density at radius 2 is 2.06 bits per heavy atom. The highest BCUT2D eigenvalue weighted by Crippen LogP contribution is 2.29. The number of ether oxygens (including phenoxy) is 1. The highest BCUT2D eigenvalue weighted by Gasteiger charge is 2.25. The van der Waals surface area contributed by atoms with Crippen molar-refractivity contribution in [3.8, 4) is 0 Å². The summed E-state index contributed by atoms with van der Waals surface area (Å²) in [6, 6.07) is 0. The van der Waals surface area contributed by atoms with Gasteiger partial charge in [-0.1, -0.05) is 24.7 Å². The maximum atomic E-state index is 9.39. The van der Waals surface area contributed by atoms with Gasteiger partial charge in [0.1, 0.15) is 0 Å². The summed E-state index contributed by atoms with van der Waals surface area (Å²) in [6.07, 6.45) is 2.49. The number of aliphatic hydroxyl groups is 1. The van der Waals surface area contributed by atoms with Crippen LogP contribution in [-0.2, 0) is 17.8 Å². The SMILES string of the molecule is CCCc1nc(N2CC(C)OC(C)C2)sc1CO. The lowest BCUT2D eigenvalue weighted by atomic mass is 10.2. The normalized spacial score (nSPS) is 24.6. The van der Waals surface area contributed by atoms with Crippen LogP contribution in [0.15, 0.2) is 0 Å². The number of thiazole rings is 1. The van der Waals surface area contributed by atoms with Gasteiger partial charge in [0.05, 0.1) is 29.4 Å². The fourth-order valence-electron chi connectivity index (χ4n) is 2.39. The first-order chi connectivity index (χ1) is 8.63. The van der Waals surface area contributed by atoms with Crippen LogP contribution >= 0.6 is 11.3 Å². The van der Waals surface area contributed by atoms with Crippen molar-refractivity contribution in [2.24, 2.45) is 0 Å². The number of rotatable bonds is 4. The molecule has 1 aliphatic heterocycles. The molecular formula is C13H22N2O2S. The number of aliphatic hydroxyl groups excluding tert-OH is 1. The molecule has 0 aliphatic carbocycles. The lowest BCUT2D eigenvalue weighted by molar-refractivity contribution is -0.00523. The number of aryl methyl sites for hydroxylation is 1. The van der Waals surface area contributed by atoms with Crippen LogP contribution in [-0.4, -0.2) is 35.4 Å². The first-order valence-electron chi connectivity index (χ1n) is 6.63. The molecule has 0 saturated carbocycles. The third-order valence-electron chi connectivity index (χ3n) is 3.09. The monoisotopic (exact) mass is 270 g/mol. The van der Waals surface area contributed by atoms with Gasteiger partial charge in [-0.05, 0) is 20.3 Å². The van der Waals surface area contributed by atoms with Crippen molar-refractivity contribution < 1.29 is 9.84 Å². The molecule has 1 N–H and O–H groups in total. The van der Waals surface area contributed by atoms with E-state index in [0.717, 1.165) is 41.6 Å². The van der Waals surface area contributed by atoms with Crippen LogP contribution in [0.25, 0.3) is 0 Å². The number of morpholine rings is 1. The average molecular weight is 270 g/mol. The lowest BCUT2D eigenvalue weighted by Gasteiger charge is -2.35. The molecule has 2 unspecified atom stereocenters. The van der Waals surface area contributed by atoms with Crippen molar-refractivity contribution in [3.63, 3.8) is 0 Å². The molecule has 18 heavy (non-hydrogen) atoms. The topological polar surface area (TPSA) is 45.6 Å². The third kappa shape index (κ3) is 3.02. The summed E-state index contributed by atoms with van der Waals surface area (Å²) in [5.74, 6) is 0. The molecule has 0 radical (unpaired) electrons. The van der Waals surface area contributed by atoms with E-state index in [1.165, 1.54) is 0 Å². The van der Waals surface area contributed by atoms with Crippen LogP contribution in [0.5, 0.6) is 0 Å². The van der Waals surface area contributed by atoms with Crippen molar-refractivity contribution in [3.05, 3.63) is 10.6 Å². The predicted molar refractivity (Wildman–Crippen MR) is 74.3 cm³/mol. The van der Waals surface area contributed by atoms with E-state index < -0.39 is 0 Å². The second kappa shape index (κ2) is 5.99.